The molecule has 0 saturated carbocycles. The number of carbonyl (C=O) groups excluding carboxylic acids is 1. The van der Waals surface area contributed by atoms with Gasteiger partial charge in [0.2, 0.25) is 0 Å². The molecule has 0 atom stereocenters. The zero-order chi connectivity index (χ0) is 16.4. The zero-order valence-corrected chi connectivity index (χ0v) is 12.8. The highest BCUT2D eigenvalue weighted by Gasteiger charge is 2.11. The molecular formula is C17H15N3O3. The first-order valence-corrected chi connectivity index (χ1v) is 7.01. The van der Waals surface area contributed by atoms with Crippen LogP contribution in [0.25, 0.3) is 16.6 Å². The average Bonchev–Trinajstić information content (AvgIpc) is 2.61. The number of amides is 1. The Kier molecular flexibility index (Phi) is 3.91. The van der Waals surface area contributed by atoms with Gasteiger partial charge in [-0.25, -0.2) is 10.0 Å². The monoisotopic (exact) mass is 309 g/mol. The summed E-state index contributed by atoms with van der Waals surface area (Å²) in [6, 6.07) is 13.9. The first-order chi connectivity index (χ1) is 11.1. The molecule has 23 heavy (non-hydrogen) atoms. The lowest BCUT2D eigenvalue weighted by Crippen LogP contribution is -2.25. The number of para-hydroxylation sites is 1. The van der Waals surface area contributed by atoms with E-state index in [0.29, 0.717) is 22.2 Å². The first-order valence-electron chi connectivity index (χ1n) is 7.01. The Hall–Kier alpha value is -2.99. The van der Waals surface area contributed by atoms with Gasteiger partial charge in [-0.1, -0.05) is 12.1 Å². The molecule has 3 aromatic rings. The van der Waals surface area contributed by atoms with Gasteiger partial charge in [-0.05, 0) is 36.4 Å². The maximum atomic E-state index is 12.5. The topological polar surface area (TPSA) is 64.4 Å². The van der Waals surface area contributed by atoms with E-state index in [4.69, 9.17) is 4.84 Å². The molecule has 0 aliphatic rings. The third-order valence-corrected chi connectivity index (χ3v) is 3.62. The number of hydroxylamine groups is 2. The van der Waals surface area contributed by atoms with Crippen LogP contribution in [0.3, 0.4) is 0 Å². The maximum Gasteiger partial charge on any atom is 0.277 e. The summed E-state index contributed by atoms with van der Waals surface area (Å²) >= 11 is 0. The zero-order valence-electron chi connectivity index (χ0n) is 12.8. The van der Waals surface area contributed by atoms with Crippen molar-refractivity contribution in [2.75, 3.05) is 14.2 Å². The number of rotatable bonds is 3. The van der Waals surface area contributed by atoms with E-state index in [9.17, 15) is 9.59 Å². The molecule has 1 amide bonds. The Balaban J connectivity index is 2.01. The van der Waals surface area contributed by atoms with Crippen LogP contribution in [0.5, 0.6) is 0 Å². The molecule has 0 unspecified atom stereocenters. The van der Waals surface area contributed by atoms with Gasteiger partial charge >= 0.3 is 0 Å². The van der Waals surface area contributed by atoms with E-state index in [1.807, 2.05) is 6.07 Å². The van der Waals surface area contributed by atoms with Gasteiger partial charge < -0.3 is 0 Å². The molecule has 0 aliphatic carbocycles. The largest absolute Gasteiger partial charge is 0.277 e. The second-order valence-corrected chi connectivity index (χ2v) is 4.97. The number of benzene rings is 2. The fourth-order valence-corrected chi connectivity index (χ4v) is 2.28. The molecule has 2 aromatic carbocycles. The van der Waals surface area contributed by atoms with Gasteiger partial charge in [-0.3, -0.25) is 19.0 Å². The molecule has 0 fully saturated rings. The number of hydrogen-bond acceptors (Lipinski definition) is 4. The molecular weight excluding hydrogens is 294 g/mol. The Morgan fingerprint density at radius 2 is 1.83 bits per heavy atom. The number of nitrogens with zero attached hydrogens (tertiary/aromatic N) is 3. The Bertz CT molecular complexity index is 916. The number of carbonyl (C=O) groups is 1. The number of fused-ring (bicyclic) bond motifs is 1. The summed E-state index contributed by atoms with van der Waals surface area (Å²) in [6.07, 6.45) is 1.49. The fraction of sp³-hybridized carbons (Fsp3) is 0.118. The van der Waals surface area contributed by atoms with Crippen LogP contribution in [0.4, 0.5) is 0 Å². The molecule has 3 rings (SSSR count). The van der Waals surface area contributed by atoms with Gasteiger partial charge in [0.05, 0.1) is 23.7 Å². The van der Waals surface area contributed by atoms with E-state index in [0.717, 1.165) is 5.06 Å². The van der Waals surface area contributed by atoms with Crippen molar-refractivity contribution in [2.45, 2.75) is 0 Å². The van der Waals surface area contributed by atoms with Crippen molar-refractivity contribution < 1.29 is 9.63 Å². The highest BCUT2D eigenvalue weighted by Crippen LogP contribution is 2.12. The second-order valence-electron chi connectivity index (χ2n) is 4.97. The second kappa shape index (κ2) is 6.02. The van der Waals surface area contributed by atoms with Gasteiger partial charge in [-0.15, -0.1) is 0 Å². The predicted molar refractivity (Wildman–Crippen MR) is 86.4 cm³/mol. The fourth-order valence-electron chi connectivity index (χ4n) is 2.28. The van der Waals surface area contributed by atoms with Gasteiger partial charge in [0.25, 0.3) is 11.5 Å². The SMILES string of the molecule is CON(C)C(=O)c1ccc(-n2cnc3ccccc3c2=O)cc1. The molecule has 0 spiro atoms. The third-order valence-electron chi connectivity index (χ3n) is 3.62. The average molecular weight is 309 g/mol. The first kappa shape index (κ1) is 14.9. The lowest BCUT2D eigenvalue weighted by molar-refractivity contribution is -0.0756. The normalized spacial score (nSPS) is 10.7. The summed E-state index contributed by atoms with van der Waals surface area (Å²) in [7, 11) is 2.96. The van der Waals surface area contributed by atoms with Crippen LogP contribution in [-0.4, -0.2) is 34.7 Å². The van der Waals surface area contributed by atoms with E-state index in [-0.39, 0.29) is 11.5 Å². The summed E-state index contributed by atoms with van der Waals surface area (Å²) in [6.45, 7) is 0. The highest BCUT2D eigenvalue weighted by atomic mass is 16.7. The van der Waals surface area contributed by atoms with E-state index >= 15 is 0 Å². The van der Waals surface area contributed by atoms with E-state index in [1.165, 1.54) is 25.1 Å². The molecule has 6 nitrogen and oxygen atoms in total. The molecule has 0 saturated heterocycles. The van der Waals surface area contributed by atoms with Crippen LogP contribution in [0, 0.1) is 0 Å². The summed E-state index contributed by atoms with van der Waals surface area (Å²) in [5, 5.41) is 1.69. The van der Waals surface area contributed by atoms with E-state index in [1.54, 1.807) is 42.5 Å². The minimum Gasteiger partial charge on any atom is -0.274 e. The van der Waals surface area contributed by atoms with Crippen molar-refractivity contribution >= 4 is 16.8 Å². The van der Waals surface area contributed by atoms with Gasteiger partial charge in [0.15, 0.2) is 0 Å². The van der Waals surface area contributed by atoms with Crippen molar-refractivity contribution in [3.63, 3.8) is 0 Å². The molecule has 116 valence electrons. The van der Waals surface area contributed by atoms with Crippen LogP contribution >= 0.6 is 0 Å². The minimum atomic E-state index is -0.261. The van der Waals surface area contributed by atoms with Crippen molar-refractivity contribution in [3.8, 4) is 5.69 Å². The van der Waals surface area contributed by atoms with Crippen LogP contribution in [0.2, 0.25) is 0 Å². The van der Waals surface area contributed by atoms with E-state index < -0.39 is 0 Å². The van der Waals surface area contributed by atoms with Crippen LogP contribution in [0.1, 0.15) is 10.4 Å². The molecule has 0 N–H and O–H groups in total. The van der Waals surface area contributed by atoms with Crippen LogP contribution in [0.15, 0.2) is 59.7 Å². The third kappa shape index (κ3) is 2.72. The quantitative estimate of drug-likeness (QED) is 0.694. The van der Waals surface area contributed by atoms with Crippen LogP contribution in [-0.2, 0) is 4.84 Å². The Labute approximate surface area is 132 Å². The smallest absolute Gasteiger partial charge is 0.274 e. The van der Waals surface area contributed by atoms with Crippen molar-refractivity contribution in [3.05, 3.63) is 70.8 Å². The van der Waals surface area contributed by atoms with Gasteiger partial charge in [-0.2, -0.15) is 0 Å². The number of aromatic nitrogens is 2. The highest BCUT2D eigenvalue weighted by molar-refractivity contribution is 5.93. The maximum absolute atomic E-state index is 12.5. The molecule has 0 aliphatic heterocycles. The minimum absolute atomic E-state index is 0.149. The number of hydrogen-bond donors (Lipinski definition) is 0. The van der Waals surface area contributed by atoms with Gasteiger partial charge in [0.1, 0.15) is 6.33 Å². The Morgan fingerprint density at radius 1 is 1.13 bits per heavy atom. The molecule has 1 heterocycles. The molecule has 0 bridgehead atoms. The summed E-state index contributed by atoms with van der Waals surface area (Å²) in [4.78, 5) is 33.7. The van der Waals surface area contributed by atoms with Crippen LogP contribution < -0.4 is 5.56 Å². The summed E-state index contributed by atoms with van der Waals surface area (Å²) < 4.78 is 1.45. The lowest BCUT2D eigenvalue weighted by atomic mass is 10.2. The lowest BCUT2D eigenvalue weighted by Gasteiger charge is -2.14. The van der Waals surface area contributed by atoms with Crippen molar-refractivity contribution in [2.24, 2.45) is 0 Å². The standard InChI is InChI=1S/C17H15N3O3/c1-19(23-2)16(21)12-7-9-13(10-8-12)20-11-18-15-6-4-3-5-14(15)17(20)22/h3-11H,1-2H3. The summed E-state index contributed by atoms with van der Waals surface area (Å²) in [5.74, 6) is -0.261. The molecule has 0 radical (unpaired) electrons. The van der Waals surface area contributed by atoms with Crippen molar-refractivity contribution in [1.29, 1.82) is 0 Å². The molecule has 1 aromatic heterocycles. The molecule has 6 heteroatoms. The summed E-state index contributed by atoms with van der Waals surface area (Å²) in [5.41, 5.74) is 1.62. The van der Waals surface area contributed by atoms with Crippen molar-refractivity contribution in [1.82, 2.24) is 14.6 Å². The van der Waals surface area contributed by atoms with Gasteiger partial charge in [0, 0.05) is 12.6 Å². The Morgan fingerprint density at radius 3 is 2.52 bits per heavy atom. The van der Waals surface area contributed by atoms with E-state index in [2.05, 4.69) is 4.98 Å². The predicted octanol–water partition coefficient (Wildman–Crippen LogP) is 2.02.